The molecule has 3 aromatic rings. The van der Waals surface area contributed by atoms with Crippen LogP contribution in [-0.4, -0.2) is 23.2 Å². The quantitative estimate of drug-likeness (QED) is 0.743. The van der Waals surface area contributed by atoms with Gasteiger partial charge in [0, 0.05) is 18.0 Å². The zero-order valence-corrected chi connectivity index (χ0v) is 14.8. The number of nitrogens with one attached hydrogen (secondary N) is 1. The number of hydrogen-bond acceptors (Lipinski definition) is 5. The number of hydrogen-bond donors (Lipinski definition) is 1. The number of halogens is 1. The summed E-state index contributed by atoms with van der Waals surface area (Å²) in [4.78, 5) is 4.61. The summed E-state index contributed by atoms with van der Waals surface area (Å²) in [5, 5.41) is 7.57. The van der Waals surface area contributed by atoms with Crippen LogP contribution in [0.3, 0.4) is 0 Å². The molecule has 2 aromatic carbocycles. The van der Waals surface area contributed by atoms with Crippen LogP contribution in [-0.2, 0) is 6.61 Å². The molecule has 0 amide bonds. The maximum Gasteiger partial charge on any atom is 0.230 e. The monoisotopic (exact) mass is 365 g/mol. The molecule has 2 atom stereocenters. The lowest BCUT2D eigenvalue weighted by Gasteiger charge is -2.07. The minimum Gasteiger partial charge on any atom is -0.486 e. The van der Waals surface area contributed by atoms with Gasteiger partial charge in [-0.2, -0.15) is 4.98 Å². The molecule has 138 valence electrons. The third-order valence-electron chi connectivity index (χ3n) is 5.65. The van der Waals surface area contributed by atoms with Crippen molar-refractivity contribution in [3.8, 4) is 17.1 Å². The van der Waals surface area contributed by atoms with E-state index < -0.39 is 0 Å². The summed E-state index contributed by atoms with van der Waals surface area (Å²) < 4.78 is 24.7. The summed E-state index contributed by atoms with van der Waals surface area (Å²) in [6, 6.07) is 14.1. The Morgan fingerprint density at radius 2 is 2.04 bits per heavy atom. The summed E-state index contributed by atoms with van der Waals surface area (Å²) in [5.74, 6) is 1.65. The normalized spacial score (nSPS) is 23.7. The van der Waals surface area contributed by atoms with Crippen LogP contribution in [0.1, 0.15) is 30.2 Å². The maximum atomic E-state index is 13.6. The highest BCUT2D eigenvalue weighted by atomic mass is 19.1. The molecule has 0 radical (unpaired) electrons. The zero-order chi connectivity index (χ0) is 18.3. The highest BCUT2D eigenvalue weighted by Gasteiger charge is 2.58. The molecule has 1 spiro atoms. The first-order valence-electron chi connectivity index (χ1n) is 9.24. The van der Waals surface area contributed by atoms with Gasteiger partial charge in [0.15, 0.2) is 11.6 Å². The molecule has 1 aliphatic carbocycles. The second-order valence-electron chi connectivity index (χ2n) is 7.42. The highest BCUT2D eigenvalue weighted by Crippen LogP contribution is 2.62. The van der Waals surface area contributed by atoms with Crippen LogP contribution < -0.4 is 10.1 Å². The van der Waals surface area contributed by atoms with Crippen LogP contribution in [0.15, 0.2) is 53.1 Å². The van der Waals surface area contributed by atoms with Crippen molar-refractivity contribution in [2.75, 3.05) is 13.1 Å². The van der Waals surface area contributed by atoms with Gasteiger partial charge in [-0.3, -0.25) is 0 Å². The first kappa shape index (κ1) is 16.4. The van der Waals surface area contributed by atoms with E-state index in [1.54, 1.807) is 18.2 Å². The van der Waals surface area contributed by atoms with Crippen molar-refractivity contribution in [2.45, 2.75) is 25.4 Å². The van der Waals surface area contributed by atoms with E-state index in [4.69, 9.17) is 9.26 Å². The van der Waals surface area contributed by atoms with E-state index in [1.807, 2.05) is 24.3 Å². The lowest BCUT2D eigenvalue weighted by atomic mass is 10.0. The Kier molecular flexibility index (Phi) is 3.93. The summed E-state index contributed by atoms with van der Waals surface area (Å²) in [6.45, 7) is 2.43. The molecule has 5 nitrogen and oxygen atoms in total. The van der Waals surface area contributed by atoms with Crippen molar-refractivity contribution >= 4 is 0 Å². The summed E-state index contributed by atoms with van der Waals surface area (Å²) in [5.41, 5.74) is 2.19. The smallest absolute Gasteiger partial charge is 0.230 e. The van der Waals surface area contributed by atoms with E-state index >= 15 is 0 Å². The average Bonchev–Trinajstić information content (AvgIpc) is 3.03. The molecule has 1 aliphatic heterocycles. The Balaban J connectivity index is 1.25. The first-order valence-corrected chi connectivity index (χ1v) is 9.24. The highest BCUT2D eigenvalue weighted by molar-refractivity contribution is 5.54. The average molecular weight is 365 g/mol. The summed E-state index contributed by atoms with van der Waals surface area (Å²) in [7, 11) is 0. The van der Waals surface area contributed by atoms with E-state index in [1.165, 1.54) is 12.5 Å². The van der Waals surface area contributed by atoms with Crippen molar-refractivity contribution in [3.05, 3.63) is 65.8 Å². The van der Waals surface area contributed by atoms with Crippen molar-refractivity contribution in [1.29, 1.82) is 0 Å². The summed E-state index contributed by atoms with van der Waals surface area (Å²) in [6.07, 6.45) is 2.32. The third kappa shape index (κ3) is 3.10. The fourth-order valence-corrected chi connectivity index (χ4v) is 3.90. The number of aromatic nitrogens is 2. The second-order valence-corrected chi connectivity index (χ2v) is 7.42. The predicted octanol–water partition coefficient (Wildman–Crippen LogP) is 3.92. The van der Waals surface area contributed by atoms with Crippen molar-refractivity contribution in [3.63, 3.8) is 0 Å². The molecule has 0 bridgehead atoms. The van der Waals surface area contributed by atoms with Gasteiger partial charge in [0.1, 0.15) is 6.61 Å². The van der Waals surface area contributed by atoms with Gasteiger partial charge >= 0.3 is 0 Å². The van der Waals surface area contributed by atoms with E-state index in [-0.39, 0.29) is 11.6 Å². The number of ether oxygens (including phenoxy) is 1. The lowest BCUT2D eigenvalue weighted by Crippen LogP contribution is -2.10. The Hall–Kier alpha value is -2.73. The van der Waals surface area contributed by atoms with Crippen LogP contribution in [0, 0.1) is 11.2 Å². The molecule has 1 N–H and O–H groups in total. The van der Waals surface area contributed by atoms with Crippen molar-refractivity contribution in [1.82, 2.24) is 15.5 Å². The van der Waals surface area contributed by atoms with Gasteiger partial charge in [-0.15, -0.1) is 0 Å². The number of nitrogens with zero attached hydrogens (tertiary/aromatic N) is 2. The zero-order valence-electron chi connectivity index (χ0n) is 14.8. The van der Waals surface area contributed by atoms with Gasteiger partial charge in [0.05, 0.1) is 0 Å². The molecular weight excluding hydrogens is 345 g/mol. The molecule has 6 heteroatoms. The third-order valence-corrected chi connectivity index (χ3v) is 5.65. The Bertz CT molecular complexity index is 948. The topological polar surface area (TPSA) is 60.2 Å². The molecule has 2 unspecified atom stereocenters. The van der Waals surface area contributed by atoms with Crippen molar-refractivity contribution in [2.24, 2.45) is 5.41 Å². The van der Waals surface area contributed by atoms with Crippen LogP contribution in [0.5, 0.6) is 5.75 Å². The van der Waals surface area contributed by atoms with E-state index in [9.17, 15) is 4.39 Å². The fraction of sp³-hybridized carbons (Fsp3) is 0.333. The largest absolute Gasteiger partial charge is 0.486 e. The predicted molar refractivity (Wildman–Crippen MR) is 97.7 cm³/mol. The van der Waals surface area contributed by atoms with Gasteiger partial charge in [-0.05, 0) is 42.5 Å². The Morgan fingerprint density at radius 1 is 1.19 bits per heavy atom. The Morgan fingerprint density at radius 3 is 2.81 bits per heavy atom. The maximum absolute atomic E-state index is 13.6. The van der Waals surface area contributed by atoms with Gasteiger partial charge < -0.3 is 14.6 Å². The van der Waals surface area contributed by atoms with E-state index in [0.717, 1.165) is 36.5 Å². The molecule has 5 rings (SSSR count). The molecule has 1 aromatic heterocycles. The van der Waals surface area contributed by atoms with Gasteiger partial charge in [-0.1, -0.05) is 41.6 Å². The van der Waals surface area contributed by atoms with Crippen molar-refractivity contribution < 1.29 is 13.7 Å². The molecule has 2 heterocycles. The second kappa shape index (κ2) is 6.46. The van der Waals surface area contributed by atoms with Gasteiger partial charge in [0.2, 0.25) is 11.7 Å². The lowest BCUT2D eigenvalue weighted by molar-refractivity contribution is 0.290. The van der Waals surface area contributed by atoms with Crippen LogP contribution >= 0.6 is 0 Å². The number of benzene rings is 2. The minimum atomic E-state index is -0.358. The molecule has 2 aliphatic rings. The van der Waals surface area contributed by atoms with Crippen LogP contribution in [0.2, 0.25) is 0 Å². The SMILES string of the molecule is Fc1ccccc1OCc1ccc(-c2noc(C3CC34CCNC4)n2)cc1. The van der Waals surface area contributed by atoms with Gasteiger partial charge in [0.25, 0.3) is 0 Å². The van der Waals surface area contributed by atoms with Crippen LogP contribution in [0.4, 0.5) is 4.39 Å². The standard InChI is InChI=1S/C21H20FN3O2/c22-17-3-1-2-4-18(17)26-12-14-5-7-15(8-6-14)19-24-20(27-25-19)16-11-21(16)9-10-23-13-21/h1-8,16,23H,9-13H2. The molecular formula is C21H20FN3O2. The fourth-order valence-electron chi connectivity index (χ4n) is 3.90. The van der Waals surface area contributed by atoms with Crippen LogP contribution in [0.25, 0.3) is 11.4 Å². The minimum absolute atomic E-state index is 0.254. The Labute approximate surface area is 156 Å². The molecule has 2 fully saturated rings. The molecule has 1 saturated heterocycles. The first-order chi connectivity index (χ1) is 13.2. The summed E-state index contributed by atoms with van der Waals surface area (Å²) >= 11 is 0. The number of rotatable bonds is 5. The van der Waals surface area contributed by atoms with E-state index in [2.05, 4.69) is 15.5 Å². The molecule has 1 saturated carbocycles. The molecule has 27 heavy (non-hydrogen) atoms. The van der Waals surface area contributed by atoms with Gasteiger partial charge in [-0.25, -0.2) is 4.39 Å². The number of para-hydroxylation sites is 1. The van der Waals surface area contributed by atoms with E-state index in [0.29, 0.717) is 23.8 Å².